The third kappa shape index (κ3) is 2.97. The molecule has 0 saturated carbocycles. The van der Waals surface area contributed by atoms with Crippen molar-refractivity contribution in [1.29, 1.82) is 0 Å². The van der Waals surface area contributed by atoms with Gasteiger partial charge in [0.1, 0.15) is 0 Å². The van der Waals surface area contributed by atoms with Crippen LogP contribution in [0, 0.1) is 5.92 Å². The lowest BCUT2D eigenvalue weighted by Gasteiger charge is -2.30. The Morgan fingerprint density at radius 3 is 3.00 bits per heavy atom. The largest absolute Gasteiger partial charge is 0.348 e. The second-order valence-corrected chi connectivity index (χ2v) is 6.11. The first kappa shape index (κ1) is 15.3. The number of benzene rings is 1. The average Bonchev–Trinajstić information content (AvgIpc) is 2.85. The summed E-state index contributed by atoms with van der Waals surface area (Å²) < 4.78 is 1.17. The number of thiophene rings is 1. The van der Waals surface area contributed by atoms with E-state index >= 15 is 0 Å². The Hall–Kier alpha value is -1.10. The molecule has 3 rings (SSSR count). The molecule has 1 fully saturated rings. The van der Waals surface area contributed by atoms with Crippen LogP contribution in [-0.2, 0) is 0 Å². The summed E-state index contributed by atoms with van der Waals surface area (Å²) in [6, 6.07) is 8.30. The van der Waals surface area contributed by atoms with E-state index in [2.05, 4.69) is 23.6 Å². The second kappa shape index (κ2) is 6.57. The number of amides is 1. The van der Waals surface area contributed by atoms with Gasteiger partial charge >= 0.3 is 0 Å². The van der Waals surface area contributed by atoms with Crippen molar-refractivity contribution in [1.82, 2.24) is 10.6 Å². The van der Waals surface area contributed by atoms with E-state index in [0.717, 1.165) is 30.5 Å². The van der Waals surface area contributed by atoms with Gasteiger partial charge in [0.15, 0.2) is 0 Å². The van der Waals surface area contributed by atoms with Crippen molar-refractivity contribution in [3.05, 3.63) is 35.2 Å². The highest BCUT2D eigenvalue weighted by atomic mass is 35.5. The Morgan fingerprint density at radius 1 is 1.40 bits per heavy atom. The van der Waals surface area contributed by atoms with Gasteiger partial charge in [-0.25, -0.2) is 0 Å². The molecule has 1 amide bonds. The van der Waals surface area contributed by atoms with E-state index in [1.807, 2.05) is 23.6 Å². The van der Waals surface area contributed by atoms with Crippen LogP contribution >= 0.6 is 23.7 Å². The van der Waals surface area contributed by atoms with Gasteiger partial charge in [-0.2, -0.15) is 0 Å². The van der Waals surface area contributed by atoms with Crippen molar-refractivity contribution in [3.63, 3.8) is 0 Å². The molecule has 1 aromatic carbocycles. The Kier molecular flexibility index (Phi) is 5.02. The molecule has 2 N–H and O–H groups in total. The Morgan fingerprint density at radius 2 is 2.20 bits per heavy atom. The summed E-state index contributed by atoms with van der Waals surface area (Å²) in [6.45, 7) is 4.13. The molecule has 20 heavy (non-hydrogen) atoms. The van der Waals surface area contributed by atoms with Crippen LogP contribution in [0.25, 0.3) is 10.1 Å². The van der Waals surface area contributed by atoms with Gasteiger partial charge in [-0.05, 0) is 24.9 Å². The summed E-state index contributed by atoms with van der Waals surface area (Å²) in [4.78, 5) is 12.4. The van der Waals surface area contributed by atoms with Crippen LogP contribution in [0.5, 0.6) is 0 Å². The lowest BCUT2D eigenvalue weighted by Crippen LogP contribution is -2.50. The van der Waals surface area contributed by atoms with Gasteiger partial charge in [0, 0.05) is 28.1 Å². The van der Waals surface area contributed by atoms with Gasteiger partial charge in [0.2, 0.25) is 0 Å². The molecule has 108 valence electrons. The van der Waals surface area contributed by atoms with Gasteiger partial charge in [-0.3, -0.25) is 4.79 Å². The molecule has 3 nitrogen and oxygen atoms in total. The van der Waals surface area contributed by atoms with Crippen LogP contribution in [0.15, 0.2) is 29.6 Å². The lowest BCUT2D eigenvalue weighted by atomic mass is 9.94. The molecule has 1 aliphatic rings. The molecule has 0 radical (unpaired) electrons. The SMILES string of the molecule is CC1CCNCC1NC(=O)c1csc2ccccc12.Cl. The first-order chi connectivity index (χ1) is 9.25. The first-order valence-corrected chi connectivity index (χ1v) is 7.61. The van der Waals surface area contributed by atoms with Crippen LogP contribution in [0.1, 0.15) is 23.7 Å². The normalized spacial score (nSPS) is 22.2. The predicted molar refractivity (Wildman–Crippen MR) is 87.0 cm³/mol. The minimum Gasteiger partial charge on any atom is -0.348 e. The fourth-order valence-corrected chi connectivity index (χ4v) is 3.52. The van der Waals surface area contributed by atoms with Gasteiger partial charge in [-0.15, -0.1) is 23.7 Å². The number of carbonyl (C=O) groups is 1. The van der Waals surface area contributed by atoms with E-state index in [1.54, 1.807) is 11.3 Å². The molecule has 0 aliphatic carbocycles. The highest BCUT2D eigenvalue weighted by molar-refractivity contribution is 7.17. The predicted octanol–water partition coefficient (Wildman–Crippen LogP) is 3.05. The summed E-state index contributed by atoms with van der Waals surface area (Å²) in [5, 5.41) is 9.53. The van der Waals surface area contributed by atoms with Crippen molar-refractivity contribution >= 4 is 39.7 Å². The monoisotopic (exact) mass is 310 g/mol. The van der Waals surface area contributed by atoms with E-state index in [0.29, 0.717) is 5.92 Å². The van der Waals surface area contributed by atoms with Gasteiger partial charge in [-0.1, -0.05) is 25.1 Å². The number of hydrogen-bond acceptors (Lipinski definition) is 3. The molecule has 2 unspecified atom stereocenters. The fourth-order valence-electron chi connectivity index (χ4n) is 2.58. The molecule has 2 aromatic rings. The summed E-state index contributed by atoms with van der Waals surface area (Å²) in [6.07, 6.45) is 1.12. The van der Waals surface area contributed by atoms with Crippen LogP contribution < -0.4 is 10.6 Å². The number of hydrogen-bond donors (Lipinski definition) is 2. The summed E-state index contributed by atoms with van der Waals surface area (Å²) in [7, 11) is 0. The third-order valence-electron chi connectivity index (χ3n) is 3.87. The molecule has 0 spiro atoms. The number of fused-ring (bicyclic) bond motifs is 1. The molecular weight excluding hydrogens is 292 g/mol. The summed E-state index contributed by atoms with van der Waals surface area (Å²) in [5.74, 6) is 0.591. The zero-order valence-electron chi connectivity index (χ0n) is 11.4. The number of nitrogens with one attached hydrogen (secondary N) is 2. The Balaban J connectivity index is 0.00000147. The van der Waals surface area contributed by atoms with Crippen molar-refractivity contribution in [2.24, 2.45) is 5.92 Å². The highest BCUT2D eigenvalue weighted by Gasteiger charge is 2.23. The molecule has 5 heteroatoms. The maximum absolute atomic E-state index is 12.4. The van der Waals surface area contributed by atoms with Gasteiger partial charge in [0.05, 0.1) is 5.56 Å². The molecule has 2 atom stereocenters. The van der Waals surface area contributed by atoms with Crippen molar-refractivity contribution in [2.45, 2.75) is 19.4 Å². The molecule has 1 aromatic heterocycles. The summed E-state index contributed by atoms with van der Waals surface area (Å²) in [5.41, 5.74) is 0.804. The van der Waals surface area contributed by atoms with Crippen LogP contribution in [0.4, 0.5) is 0 Å². The number of rotatable bonds is 2. The Labute approximate surface area is 129 Å². The van der Waals surface area contributed by atoms with E-state index in [9.17, 15) is 4.79 Å². The highest BCUT2D eigenvalue weighted by Crippen LogP contribution is 2.25. The van der Waals surface area contributed by atoms with E-state index in [4.69, 9.17) is 0 Å². The Bertz CT molecular complexity index is 598. The molecule has 0 bridgehead atoms. The fraction of sp³-hybridized carbons (Fsp3) is 0.400. The minimum absolute atomic E-state index is 0. The van der Waals surface area contributed by atoms with Crippen molar-refractivity contribution in [2.75, 3.05) is 13.1 Å². The minimum atomic E-state index is 0. The smallest absolute Gasteiger partial charge is 0.253 e. The number of piperidine rings is 1. The van der Waals surface area contributed by atoms with E-state index < -0.39 is 0 Å². The average molecular weight is 311 g/mol. The van der Waals surface area contributed by atoms with Crippen molar-refractivity contribution in [3.8, 4) is 0 Å². The van der Waals surface area contributed by atoms with Crippen LogP contribution in [0.3, 0.4) is 0 Å². The van der Waals surface area contributed by atoms with E-state index in [1.165, 1.54) is 4.70 Å². The second-order valence-electron chi connectivity index (χ2n) is 5.20. The molecule has 1 saturated heterocycles. The van der Waals surface area contributed by atoms with Crippen molar-refractivity contribution < 1.29 is 4.79 Å². The van der Waals surface area contributed by atoms with Crippen LogP contribution in [0.2, 0.25) is 0 Å². The van der Waals surface area contributed by atoms with Crippen LogP contribution in [-0.4, -0.2) is 25.0 Å². The zero-order valence-corrected chi connectivity index (χ0v) is 13.0. The topological polar surface area (TPSA) is 41.1 Å². The molecule has 1 aliphatic heterocycles. The standard InChI is InChI=1S/C15H18N2OS.ClH/c1-10-6-7-16-8-13(10)17-15(18)12-9-19-14-5-3-2-4-11(12)14;/h2-5,9-10,13,16H,6-8H2,1H3,(H,17,18);1H. The maximum Gasteiger partial charge on any atom is 0.253 e. The maximum atomic E-state index is 12.4. The third-order valence-corrected chi connectivity index (χ3v) is 4.83. The van der Waals surface area contributed by atoms with Gasteiger partial charge in [0.25, 0.3) is 5.91 Å². The first-order valence-electron chi connectivity index (χ1n) is 6.73. The number of halogens is 1. The van der Waals surface area contributed by atoms with E-state index in [-0.39, 0.29) is 24.4 Å². The summed E-state index contributed by atoms with van der Waals surface area (Å²) >= 11 is 1.63. The molecular formula is C15H19ClN2OS. The van der Waals surface area contributed by atoms with Gasteiger partial charge < -0.3 is 10.6 Å². The lowest BCUT2D eigenvalue weighted by molar-refractivity contribution is 0.0917. The quantitative estimate of drug-likeness (QED) is 0.895. The zero-order chi connectivity index (χ0) is 13.2. The molecule has 2 heterocycles. The number of carbonyl (C=O) groups excluding carboxylic acids is 1.